The first-order valence-electron chi connectivity index (χ1n) is 7.83. The fraction of sp³-hybridized carbons (Fsp3) is 0.353. The van der Waals surface area contributed by atoms with E-state index in [0.717, 1.165) is 0 Å². The minimum absolute atomic E-state index is 0.0641. The van der Waals surface area contributed by atoms with Crippen molar-refractivity contribution in [1.29, 1.82) is 0 Å². The van der Waals surface area contributed by atoms with Gasteiger partial charge in [0.05, 0.1) is 19.3 Å². The van der Waals surface area contributed by atoms with Crippen LogP contribution in [0.1, 0.15) is 16.8 Å². The van der Waals surface area contributed by atoms with Gasteiger partial charge in [-0.1, -0.05) is 18.2 Å². The topological polar surface area (TPSA) is 87.6 Å². The first-order chi connectivity index (χ1) is 11.7. The largest absolute Gasteiger partial charge is 0.481 e. The van der Waals surface area contributed by atoms with Gasteiger partial charge >= 0.3 is 0 Å². The minimum Gasteiger partial charge on any atom is -0.481 e. The van der Waals surface area contributed by atoms with Crippen LogP contribution in [0.15, 0.2) is 42.6 Å². The molecular formula is C17H20N4O3. The van der Waals surface area contributed by atoms with Gasteiger partial charge in [-0.15, -0.1) is 0 Å². The fourth-order valence-electron chi connectivity index (χ4n) is 2.74. The molecule has 0 spiro atoms. The lowest BCUT2D eigenvalue weighted by Gasteiger charge is -2.36. The summed E-state index contributed by atoms with van der Waals surface area (Å²) < 4.78 is 5.06. The Morgan fingerprint density at radius 3 is 2.83 bits per heavy atom. The first-order valence-corrected chi connectivity index (χ1v) is 7.83. The molecule has 2 heterocycles. The van der Waals surface area contributed by atoms with Crippen molar-refractivity contribution in [2.24, 2.45) is 0 Å². The Kier molecular flexibility index (Phi) is 4.90. The molecule has 3 rings (SSSR count). The number of methoxy groups -OCH3 is 1. The summed E-state index contributed by atoms with van der Waals surface area (Å²) in [5.41, 5.74) is 0.632. The molecule has 2 aromatic rings. The molecule has 126 valence electrons. The maximum Gasteiger partial charge on any atom is 0.253 e. The molecule has 0 bridgehead atoms. The lowest BCUT2D eigenvalue weighted by Crippen LogP contribution is -2.51. The Morgan fingerprint density at radius 2 is 2.12 bits per heavy atom. The Balaban J connectivity index is 1.62. The highest BCUT2D eigenvalue weighted by Gasteiger charge is 2.31. The summed E-state index contributed by atoms with van der Waals surface area (Å²) in [6.45, 7) is 0.835. The van der Waals surface area contributed by atoms with Crippen molar-refractivity contribution < 1.29 is 14.6 Å². The van der Waals surface area contributed by atoms with Crippen molar-refractivity contribution >= 4 is 11.9 Å². The summed E-state index contributed by atoms with van der Waals surface area (Å²) in [6.07, 6.45) is 1.51. The molecule has 24 heavy (non-hydrogen) atoms. The fourth-order valence-corrected chi connectivity index (χ4v) is 2.74. The van der Waals surface area contributed by atoms with E-state index in [0.29, 0.717) is 30.4 Å². The maximum atomic E-state index is 12.4. The van der Waals surface area contributed by atoms with Gasteiger partial charge in [0.1, 0.15) is 0 Å². The summed E-state index contributed by atoms with van der Waals surface area (Å²) in [5, 5.41) is 13.5. The average molecular weight is 328 g/mol. The van der Waals surface area contributed by atoms with Crippen LogP contribution in [0.3, 0.4) is 0 Å². The molecule has 0 unspecified atom stereocenters. The summed E-state index contributed by atoms with van der Waals surface area (Å²) >= 11 is 0. The second kappa shape index (κ2) is 7.27. The van der Waals surface area contributed by atoms with E-state index in [9.17, 15) is 9.90 Å². The number of rotatable bonds is 4. The van der Waals surface area contributed by atoms with Crippen LogP contribution in [0.5, 0.6) is 5.88 Å². The van der Waals surface area contributed by atoms with Crippen molar-refractivity contribution in [2.45, 2.75) is 18.6 Å². The first kappa shape index (κ1) is 16.2. The van der Waals surface area contributed by atoms with Gasteiger partial charge in [0, 0.05) is 30.9 Å². The predicted octanol–water partition coefficient (Wildman–Crippen LogP) is 1.17. The van der Waals surface area contributed by atoms with E-state index in [4.69, 9.17) is 4.74 Å². The molecule has 0 radical (unpaired) electrons. The molecule has 0 saturated carbocycles. The van der Waals surface area contributed by atoms with Gasteiger partial charge in [-0.3, -0.25) is 4.79 Å². The second-order valence-corrected chi connectivity index (χ2v) is 5.65. The summed E-state index contributed by atoms with van der Waals surface area (Å²) in [4.78, 5) is 22.4. The zero-order valence-corrected chi connectivity index (χ0v) is 13.4. The summed E-state index contributed by atoms with van der Waals surface area (Å²) in [5.74, 6) is 0.797. The molecule has 7 nitrogen and oxygen atoms in total. The molecule has 2 atom stereocenters. The van der Waals surface area contributed by atoms with Crippen molar-refractivity contribution in [3.8, 4) is 5.88 Å². The number of aliphatic hydroxyl groups excluding tert-OH is 1. The third-order valence-electron chi connectivity index (χ3n) is 4.04. The van der Waals surface area contributed by atoms with Gasteiger partial charge < -0.3 is 20.1 Å². The Labute approximate surface area is 140 Å². The van der Waals surface area contributed by atoms with Crippen molar-refractivity contribution in [3.63, 3.8) is 0 Å². The number of likely N-dealkylation sites (tertiary alicyclic amines) is 1. The number of carbonyl (C=O) groups excluding carboxylic acids is 1. The Morgan fingerprint density at radius 1 is 1.33 bits per heavy atom. The van der Waals surface area contributed by atoms with Crippen LogP contribution in [0.2, 0.25) is 0 Å². The predicted molar refractivity (Wildman–Crippen MR) is 89.0 cm³/mol. The van der Waals surface area contributed by atoms with Gasteiger partial charge in [0.15, 0.2) is 0 Å². The van der Waals surface area contributed by atoms with E-state index in [1.165, 1.54) is 7.11 Å². The molecule has 1 aromatic carbocycles. The van der Waals surface area contributed by atoms with Crippen molar-refractivity contribution in [2.75, 3.05) is 25.5 Å². The SMILES string of the molecule is COc1ccnc(N[C@@H]2CCN(C(=O)c3ccccc3)C[C@H]2O)n1. The quantitative estimate of drug-likeness (QED) is 0.876. The van der Waals surface area contributed by atoms with Gasteiger partial charge in [0.25, 0.3) is 5.91 Å². The third-order valence-corrected chi connectivity index (χ3v) is 4.04. The summed E-state index contributed by atoms with van der Waals surface area (Å²) in [7, 11) is 1.54. The number of nitrogens with zero attached hydrogens (tertiary/aromatic N) is 3. The number of hydrogen-bond donors (Lipinski definition) is 2. The number of carbonyl (C=O) groups is 1. The zero-order valence-electron chi connectivity index (χ0n) is 13.4. The number of hydrogen-bond acceptors (Lipinski definition) is 6. The number of aliphatic hydroxyl groups is 1. The van der Waals surface area contributed by atoms with Gasteiger partial charge in [-0.25, -0.2) is 4.98 Å². The van der Waals surface area contributed by atoms with Crippen molar-refractivity contribution in [3.05, 3.63) is 48.2 Å². The molecule has 0 aliphatic carbocycles. The normalized spacial score (nSPS) is 20.5. The van der Waals surface area contributed by atoms with Crippen LogP contribution < -0.4 is 10.1 Å². The highest BCUT2D eigenvalue weighted by Crippen LogP contribution is 2.18. The summed E-state index contributed by atoms with van der Waals surface area (Å²) in [6, 6.07) is 10.5. The number of β-amino-alcohol motifs (C(OH)–C–C–N with tert-alkyl or cyclic N) is 1. The lowest BCUT2D eigenvalue weighted by atomic mass is 10.0. The molecule has 1 saturated heterocycles. The van der Waals surface area contributed by atoms with Crippen LogP contribution in [-0.2, 0) is 0 Å². The number of benzene rings is 1. The third kappa shape index (κ3) is 3.62. The number of ether oxygens (including phenoxy) is 1. The number of anilines is 1. The number of aromatic nitrogens is 2. The van der Waals surface area contributed by atoms with Gasteiger partial charge in [0.2, 0.25) is 11.8 Å². The van der Waals surface area contributed by atoms with E-state index in [2.05, 4.69) is 15.3 Å². The maximum absolute atomic E-state index is 12.4. The smallest absolute Gasteiger partial charge is 0.253 e. The molecule has 2 N–H and O–H groups in total. The van der Waals surface area contributed by atoms with Crippen LogP contribution in [0.4, 0.5) is 5.95 Å². The van der Waals surface area contributed by atoms with Crippen LogP contribution in [0, 0.1) is 0 Å². The van der Waals surface area contributed by atoms with Gasteiger partial charge in [-0.05, 0) is 18.6 Å². The molecule has 1 fully saturated rings. The average Bonchev–Trinajstić information content (AvgIpc) is 2.63. The minimum atomic E-state index is -0.693. The van der Waals surface area contributed by atoms with Gasteiger partial charge in [-0.2, -0.15) is 4.98 Å². The van der Waals surface area contributed by atoms with Crippen LogP contribution in [-0.4, -0.2) is 58.2 Å². The van der Waals surface area contributed by atoms with E-state index in [1.807, 2.05) is 18.2 Å². The molecular weight excluding hydrogens is 308 g/mol. The highest BCUT2D eigenvalue weighted by molar-refractivity contribution is 5.94. The van der Waals surface area contributed by atoms with E-state index < -0.39 is 6.10 Å². The van der Waals surface area contributed by atoms with E-state index in [1.54, 1.807) is 29.3 Å². The molecule has 7 heteroatoms. The number of nitrogens with one attached hydrogen (secondary N) is 1. The molecule has 1 aliphatic rings. The second-order valence-electron chi connectivity index (χ2n) is 5.65. The highest BCUT2D eigenvalue weighted by atomic mass is 16.5. The van der Waals surface area contributed by atoms with E-state index >= 15 is 0 Å². The number of piperidine rings is 1. The Hall–Kier alpha value is -2.67. The standard InChI is InChI=1S/C17H20N4O3/c1-24-15-7-9-18-17(20-15)19-13-8-10-21(11-14(13)22)16(23)12-5-3-2-4-6-12/h2-7,9,13-14,22H,8,10-11H2,1H3,(H,18,19,20)/t13-,14-/m1/s1. The van der Waals surface area contributed by atoms with Crippen LogP contribution >= 0.6 is 0 Å². The lowest BCUT2D eigenvalue weighted by molar-refractivity contribution is 0.0425. The van der Waals surface area contributed by atoms with Crippen LogP contribution in [0.25, 0.3) is 0 Å². The molecule has 1 aliphatic heterocycles. The monoisotopic (exact) mass is 328 g/mol. The van der Waals surface area contributed by atoms with Crippen molar-refractivity contribution in [1.82, 2.24) is 14.9 Å². The molecule has 1 amide bonds. The zero-order chi connectivity index (χ0) is 16.9. The van der Waals surface area contributed by atoms with E-state index in [-0.39, 0.29) is 18.5 Å². The molecule has 1 aromatic heterocycles. The number of amides is 1. The Bertz CT molecular complexity index is 695.